The Labute approximate surface area is 175 Å². The second kappa shape index (κ2) is 7.43. The summed E-state index contributed by atoms with van der Waals surface area (Å²) in [6.45, 7) is 0. The van der Waals surface area contributed by atoms with Gasteiger partial charge >= 0.3 is 0 Å². The molecule has 140 valence electrons. The summed E-state index contributed by atoms with van der Waals surface area (Å²) in [5, 5.41) is 11.0. The zero-order chi connectivity index (χ0) is 19.8. The third kappa shape index (κ3) is 3.32. The summed E-state index contributed by atoms with van der Waals surface area (Å²) in [5.74, 6) is 0.401. The number of aromatic nitrogens is 1. The smallest absolute Gasteiger partial charge is 0.270 e. The Morgan fingerprint density at radius 2 is 2.07 bits per heavy atom. The Kier molecular flexibility index (Phi) is 4.97. The molecule has 8 heteroatoms. The summed E-state index contributed by atoms with van der Waals surface area (Å²) in [5.41, 5.74) is 1.72. The monoisotopic (exact) mass is 428 g/mol. The quantitative estimate of drug-likeness (QED) is 0.467. The molecule has 0 saturated carbocycles. The van der Waals surface area contributed by atoms with Crippen LogP contribution in [0.3, 0.4) is 0 Å². The molecular formula is C20H13ClN2O3S2. The van der Waals surface area contributed by atoms with Gasteiger partial charge < -0.3 is 9.84 Å². The van der Waals surface area contributed by atoms with Gasteiger partial charge in [0, 0.05) is 11.5 Å². The number of halogens is 1. The van der Waals surface area contributed by atoms with Crippen LogP contribution in [0.5, 0.6) is 11.5 Å². The van der Waals surface area contributed by atoms with Gasteiger partial charge in [-0.1, -0.05) is 41.6 Å². The number of aromatic hydroxyl groups is 1. The van der Waals surface area contributed by atoms with Gasteiger partial charge in [0.05, 0.1) is 28.4 Å². The van der Waals surface area contributed by atoms with Crippen LogP contribution in [0.2, 0.25) is 5.02 Å². The van der Waals surface area contributed by atoms with Gasteiger partial charge in [-0.05, 0) is 42.5 Å². The van der Waals surface area contributed by atoms with Crippen LogP contribution in [-0.2, 0) is 4.79 Å². The lowest BCUT2D eigenvalue weighted by Gasteiger charge is -2.14. The van der Waals surface area contributed by atoms with Crippen molar-refractivity contribution in [2.45, 2.75) is 0 Å². The number of methoxy groups -OCH3 is 1. The van der Waals surface area contributed by atoms with Gasteiger partial charge in [-0.25, -0.2) is 4.98 Å². The number of thioether (sulfide) groups is 1. The summed E-state index contributed by atoms with van der Waals surface area (Å²) in [7, 11) is 1.57. The van der Waals surface area contributed by atoms with Gasteiger partial charge in [0.2, 0.25) is 0 Å². The van der Waals surface area contributed by atoms with Crippen molar-refractivity contribution in [2.24, 2.45) is 0 Å². The highest BCUT2D eigenvalue weighted by molar-refractivity contribution is 8.27. The average molecular weight is 429 g/mol. The van der Waals surface area contributed by atoms with E-state index in [2.05, 4.69) is 4.98 Å². The number of hydrogen-bond donors (Lipinski definition) is 1. The van der Waals surface area contributed by atoms with E-state index in [4.69, 9.17) is 28.6 Å². The topological polar surface area (TPSA) is 62.7 Å². The van der Waals surface area contributed by atoms with Crippen molar-refractivity contribution in [3.63, 3.8) is 0 Å². The number of amides is 1. The van der Waals surface area contributed by atoms with Crippen molar-refractivity contribution >= 4 is 68.5 Å². The number of thiocarbonyl (C=S) groups is 1. The molecule has 0 spiro atoms. The van der Waals surface area contributed by atoms with E-state index in [0.717, 1.165) is 5.39 Å². The van der Waals surface area contributed by atoms with Crippen LogP contribution >= 0.6 is 35.6 Å². The Morgan fingerprint density at radius 1 is 1.25 bits per heavy atom. The molecule has 1 aliphatic heterocycles. The van der Waals surface area contributed by atoms with E-state index in [0.29, 0.717) is 36.9 Å². The van der Waals surface area contributed by atoms with Crippen LogP contribution in [0.15, 0.2) is 53.4 Å². The molecule has 1 fully saturated rings. The molecule has 1 amide bonds. The van der Waals surface area contributed by atoms with E-state index in [9.17, 15) is 9.90 Å². The number of rotatable bonds is 3. The van der Waals surface area contributed by atoms with Gasteiger partial charge in [0.1, 0.15) is 17.0 Å². The Morgan fingerprint density at radius 3 is 2.82 bits per heavy atom. The first kappa shape index (κ1) is 18.7. The Hall–Kier alpha value is -2.61. The number of phenols is 1. The largest absolute Gasteiger partial charge is 0.508 e. The molecule has 0 radical (unpaired) electrons. The molecule has 4 rings (SSSR count). The highest BCUT2D eigenvalue weighted by Crippen LogP contribution is 2.37. The molecule has 0 bridgehead atoms. The molecule has 1 saturated heterocycles. The summed E-state index contributed by atoms with van der Waals surface area (Å²) in [4.78, 5) is 19.3. The molecule has 1 aliphatic rings. The zero-order valence-electron chi connectivity index (χ0n) is 14.5. The van der Waals surface area contributed by atoms with Gasteiger partial charge in [0.25, 0.3) is 5.91 Å². The second-order valence-corrected chi connectivity index (χ2v) is 8.00. The fraction of sp³-hybridized carbons (Fsp3) is 0.0500. The van der Waals surface area contributed by atoms with Crippen LogP contribution in [-0.4, -0.2) is 27.4 Å². The van der Waals surface area contributed by atoms with Crippen LogP contribution in [0.1, 0.15) is 5.69 Å². The van der Waals surface area contributed by atoms with Crippen molar-refractivity contribution in [2.75, 3.05) is 12.0 Å². The van der Waals surface area contributed by atoms with Crippen LogP contribution in [0, 0.1) is 0 Å². The van der Waals surface area contributed by atoms with Gasteiger partial charge in [0.15, 0.2) is 4.32 Å². The molecular weight excluding hydrogens is 416 g/mol. The molecule has 28 heavy (non-hydrogen) atoms. The lowest BCUT2D eigenvalue weighted by molar-refractivity contribution is -0.113. The molecule has 0 unspecified atom stereocenters. The minimum absolute atomic E-state index is 0.0655. The number of ether oxygens (including phenoxy) is 1. The van der Waals surface area contributed by atoms with Crippen LogP contribution in [0.4, 0.5) is 5.69 Å². The van der Waals surface area contributed by atoms with Crippen molar-refractivity contribution in [3.05, 3.63) is 64.2 Å². The van der Waals surface area contributed by atoms with Gasteiger partial charge in [-0.15, -0.1) is 0 Å². The normalized spacial score (nSPS) is 15.6. The Bertz CT molecular complexity index is 1160. The molecule has 0 aliphatic carbocycles. The lowest BCUT2D eigenvalue weighted by Crippen LogP contribution is -2.27. The number of pyridine rings is 1. The van der Waals surface area contributed by atoms with Crippen molar-refractivity contribution < 1.29 is 14.6 Å². The number of phenolic OH excluding ortho intramolecular Hbond substituents is 1. The lowest BCUT2D eigenvalue weighted by atomic mass is 10.2. The van der Waals surface area contributed by atoms with Crippen molar-refractivity contribution in [1.29, 1.82) is 0 Å². The summed E-state index contributed by atoms with van der Waals surface area (Å²) in [6.07, 6.45) is 1.68. The SMILES string of the molecule is COc1ccc(Cl)c2ccc(C=C3SC(=S)N(c4cccc(O)c4)C3=O)nc12. The molecule has 2 heterocycles. The number of anilines is 1. The van der Waals surface area contributed by atoms with Crippen LogP contribution < -0.4 is 9.64 Å². The number of hydrogen-bond acceptors (Lipinski definition) is 6. The predicted molar refractivity (Wildman–Crippen MR) is 117 cm³/mol. The standard InChI is InChI=1S/C20H13ClN2O3S2/c1-26-16-8-7-15(21)14-6-5-11(22-18(14)16)9-17-19(25)23(20(27)28-17)12-3-2-4-13(24)10-12/h2-10,24H,1H3. The molecule has 2 aromatic carbocycles. The molecule has 0 atom stereocenters. The van der Waals surface area contributed by atoms with Gasteiger partial charge in [-0.2, -0.15) is 0 Å². The Balaban J connectivity index is 1.73. The maximum Gasteiger partial charge on any atom is 0.270 e. The summed E-state index contributed by atoms with van der Waals surface area (Å²) < 4.78 is 5.76. The highest BCUT2D eigenvalue weighted by atomic mass is 35.5. The maximum absolute atomic E-state index is 12.9. The van der Waals surface area contributed by atoms with Crippen molar-refractivity contribution in [3.8, 4) is 11.5 Å². The van der Waals surface area contributed by atoms with E-state index in [1.807, 2.05) is 6.07 Å². The highest BCUT2D eigenvalue weighted by Gasteiger charge is 2.33. The van der Waals surface area contributed by atoms with Crippen molar-refractivity contribution in [1.82, 2.24) is 4.98 Å². The fourth-order valence-electron chi connectivity index (χ4n) is 2.87. The van der Waals surface area contributed by atoms with E-state index >= 15 is 0 Å². The van der Waals surface area contributed by atoms with E-state index in [-0.39, 0.29) is 11.7 Å². The predicted octanol–water partition coefficient (Wildman–Crippen LogP) is 5.01. The third-order valence-corrected chi connectivity index (χ3v) is 5.80. The maximum atomic E-state index is 12.9. The summed E-state index contributed by atoms with van der Waals surface area (Å²) >= 11 is 12.8. The molecule has 5 nitrogen and oxygen atoms in total. The first-order chi connectivity index (χ1) is 13.5. The van der Waals surface area contributed by atoms with E-state index in [1.165, 1.54) is 28.8 Å². The molecule has 1 N–H and O–H groups in total. The first-order valence-electron chi connectivity index (χ1n) is 8.18. The number of fused-ring (bicyclic) bond motifs is 1. The number of nitrogens with zero attached hydrogens (tertiary/aromatic N) is 2. The molecule has 1 aromatic heterocycles. The second-order valence-electron chi connectivity index (χ2n) is 5.92. The summed E-state index contributed by atoms with van der Waals surface area (Å²) in [6, 6.07) is 13.5. The molecule has 3 aromatic rings. The number of benzene rings is 2. The first-order valence-corrected chi connectivity index (χ1v) is 9.78. The van der Waals surface area contributed by atoms with Gasteiger partial charge in [-0.3, -0.25) is 9.69 Å². The minimum atomic E-state index is -0.263. The van der Waals surface area contributed by atoms with E-state index in [1.54, 1.807) is 43.5 Å². The zero-order valence-corrected chi connectivity index (χ0v) is 16.9. The van der Waals surface area contributed by atoms with E-state index < -0.39 is 0 Å². The number of carbonyl (C=O) groups is 1. The minimum Gasteiger partial charge on any atom is -0.508 e. The number of carbonyl (C=O) groups excluding carboxylic acids is 1. The van der Waals surface area contributed by atoms with Crippen LogP contribution in [0.25, 0.3) is 17.0 Å². The third-order valence-electron chi connectivity index (χ3n) is 4.17. The average Bonchev–Trinajstić information content (AvgIpc) is 2.95. The fourth-order valence-corrected chi connectivity index (χ4v) is 4.37.